The van der Waals surface area contributed by atoms with Crippen LogP contribution in [0.4, 0.5) is 0 Å². The van der Waals surface area contributed by atoms with E-state index in [1.807, 2.05) is 24.8 Å². The molecule has 0 aliphatic heterocycles. The van der Waals surface area contributed by atoms with Crippen molar-refractivity contribution in [3.05, 3.63) is 58.1 Å². The number of hydrogen-bond acceptors (Lipinski definition) is 3. The molecule has 106 valence electrons. The maximum Gasteiger partial charge on any atom is 0.133 e. The molecule has 0 fully saturated rings. The van der Waals surface area contributed by atoms with Gasteiger partial charge in [-0.15, -0.1) is 11.8 Å². The Hall–Kier alpha value is -0.970. The molecule has 0 bridgehead atoms. The van der Waals surface area contributed by atoms with Gasteiger partial charge in [0, 0.05) is 16.7 Å². The smallest absolute Gasteiger partial charge is 0.133 e. The van der Waals surface area contributed by atoms with Crippen LogP contribution in [0.25, 0.3) is 0 Å². The Labute approximate surface area is 132 Å². The van der Waals surface area contributed by atoms with Crippen molar-refractivity contribution in [3.8, 4) is 5.75 Å². The molecule has 0 spiro atoms. The predicted molar refractivity (Wildman–Crippen MR) is 89.3 cm³/mol. The number of methoxy groups -OCH3 is 1. The first-order valence-corrected chi connectivity index (χ1v) is 8.19. The SMILES string of the molecule is COc1ccc(CSc2ccc(C(C)N)cc2)cc1Br. The summed E-state index contributed by atoms with van der Waals surface area (Å²) in [6.45, 7) is 2.00. The summed E-state index contributed by atoms with van der Waals surface area (Å²) in [6.07, 6.45) is 0. The van der Waals surface area contributed by atoms with Crippen molar-refractivity contribution in [2.45, 2.75) is 23.6 Å². The molecule has 2 rings (SSSR count). The summed E-state index contributed by atoms with van der Waals surface area (Å²) in [7, 11) is 1.68. The summed E-state index contributed by atoms with van der Waals surface area (Å²) in [5.74, 6) is 1.79. The van der Waals surface area contributed by atoms with Crippen molar-refractivity contribution in [1.29, 1.82) is 0 Å². The summed E-state index contributed by atoms with van der Waals surface area (Å²) < 4.78 is 6.22. The largest absolute Gasteiger partial charge is 0.496 e. The molecule has 2 aromatic carbocycles. The van der Waals surface area contributed by atoms with E-state index >= 15 is 0 Å². The molecule has 20 heavy (non-hydrogen) atoms. The molecule has 0 heterocycles. The zero-order chi connectivity index (χ0) is 14.5. The minimum Gasteiger partial charge on any atom is -0.496 e. The van der Waals surface area contributed by atoms with E-state index in [9.17, 15) is 0 Å². The highest BCUT2D eigenvalue weighted by Crippen LogP contribution is 2.29. The molecule has 0 aliphatic carbocycles. The van der Waals surface area contributed by atoms with Gasteiger partial charge < -0.3 is 10.5 Å². The molecule has 0 aromatic heterocycles. The van der Waals surface area contributed by atoms with E-state index in [-0.39, 0.29) is 6.04 Å². The fourth-order valence-electron chi connectivity index (χ4n) is 1.83. The van der Waals surface area contributed by atoms with Crippen LogP contribution in [0, 0.1) is 0 Å². The van der Waals surface area contributed by atoms with Crippen molar-refractivity contribution < 1.29 is 4.74 Å². The van der Waals surface area contributed by atoms with Gasteiger partial charge >= 0.3 is 0 Å². The lowest BCUT2D eigenvalue weighted by Gasteiger charge is -2.08. The van der Waals surface area contributed by atoms with Gasteiger partial charge in [0.15, 0.2) is 0 Å². The Morgan fingerprint density at radius 1 is 1.20 bits per heavy atom. The zero-order valence-corrected chi connectivity index (χ0v) is 14.0. The topological polar surface area (TPSA) is 35.2 Å². The average Bonchev–Trinajstić information content (AvgIpc) is 2.45. The molecule has 2 aromatic rings. The molecule has 4 heteroatoms. The van der Waals surface area contributed by atoms with E-state index < -0.39 is 0 Å². The summed E-state index contributed by atoms with van der Waals surface area (Å²) >= 11 is 5.32. The van der Waals surface area contributed by atoms with Crippen LogP contribution >= 0.6 is 27.7 Å². The van der Waals surface area contributed by atoms with Crippen LogP contribution in [0.1, 0.15) is 24.1 Å². The third-order valence-electron chi connectivity index (χ3n) is 3.03. The third kappa shape index (κ3) is 4.01. The first-order chi connectivity index (χ1) is 9.60. The monoisotopic (exact) mass is 351 g/mol. The van der Waals surface area contributed by atoms with Crippen molar-refractivity contribution in [1.82, 2.24) is 0 Å². The van der Waals surface area contributed by atoms with E-state index in [1.165, 1.54) is 16.0 Å². The minimum absolute atomic E-state index is 0.0894. The number of rotatable bonds is 5. The number of nitrogens with two attached hydrogens (primary N) is 1. The maximum absolute atomic E-state index is 5.85. The molecule has 0 radical (unpaired) electrons. The van der Waals surface area contributed by atoms with Gasteiger partial charge in [0.25, 0.3) is 0 Å². The van der Waals surface area contributed by atoms with E-state index in [1.54, 1.807) is 7.11 Å². The molecular weight excluding hydrogens is 334 g/mol. The van der Waals surface area contributed by atoms with Crippen LogP contribution in [0.2, 0.25) is 0 Å². The molecule has 0 aliphatic rings. The highest BCUT2D eigenvalue weighted by molar-refractivity contribution is 9.10. The summed E-state index contributed by atoms with van der Waals surface area (Å²) in [5, 5.41) is 0. The van der Waals surface area contributed by atoms with Gasteiger partial charge in [-0.1, -0.05) is 18.2 Å². The molecule has 0 saturated carbocycles. The normalized spacial score (nSPS) is 12.2. The van der Waals surface area contributed by atoms with Crippen LogP contribution in [-0.2, 0) is 5.75 Å². The predicted octanol–water partition coefficient (Wildman–Crippen LogP) is 4.77. The van der Waals surface area contributed by atoms with Crippen molar-refractivity contribution >= 4 is 27.7 Å². The fraction of sp³-hybridized carbons (Fsp3) is 0.250. The van der Waals surface area contributed by atoms with Gasteiger partial charge in [0.1, 0.15) is 5.75 Å². The van der Waals surface area contributed by atoms with Crippen LogP contribution < -0.4 is 10.5 Å². The van der Waals surface area contributed by atoms with Gasteiger partial charge in [-0.2, -0.15) is 0 Å². The Balaban J connectivity index is 1.99. The second kappa shape index (κ2) is 7.16. The van der Waals surface area contributed by atoms with Gasteiger partial charge in [-0.25, -0.2) is 0 Å². The van der Waals surface area contributed by atoms with Gasteiger partial charge in [0.05, 0.1) is 11.6 Å². The van der Waals surface area contributed by atoms with E-state index in [4.69, 9.17) is 10.5 Å². The van der Waals surface area contributed by atoms with E-state index in [0.29, 0.717) is 0 Å². The average molecular weight is 352 g/mol. The molecule has 2 nitrogen and oxygen atoms in total. The number of hydrogen-bond donors (Lipinski definition) is 1. The second-order valence-corrected chi connectivity index (χ2v) is 6.52. The molecule has 1 unspecified atom stereocenters. The number of ether oxygens (including phenoxy) is 1. The Kier molecular flexibility index (Phi) is 5.52. The zero-order valence-electron chi connectivity index (χ0n) is 11.6. The van der Waals surface area contributed by atoms with Crippen LogP contribution in [0.15, 0.2) is 51.8 Å². The highest BCUT2D eigenvalue weighted by Gasteiger charge is 2.03. The van der Waals surface area contributed by atoms with Crippen LogP contribution in [0.3, 0.4) is 0 Å². The quantitative estimate of drug-likeness (QED) is 0.788. The minimum atomic E-state index is 0.0894. The van der Waals surface area contributed by atoms with E-state index in [2.05, 4.69) is 52.3 Å². The number of benzene rings is 2. The van der Waals surface area contributed by atoms with Gasteiger partial charge in [-0.05, 0) is 58.2 Å². The lowest BCUT2D eigenvalue weighted by Crippen LogP contribution is -2.04. The first-order valence-electron chi connectivity index (χ1n) is 6.41. The lowest BCUT2D eigenvalue weighted by atomic mass is 10.1. The summed E-state index contributed by atoms with van der Waals surface area (Å²) in [5.41, 5.74) is 8.28. The highest BCUT2D eigenvalue weighted by atomic mass is 79.9. The van der Waals surface area contributed by atoms with Crippen LogP contribution in [-0.4, -0.2) is 7.11 Å². The third-order valence-corrected chi connectivity index (χ3v) is 4.73. The second-order valence-electron chi connectivity index (χ2n) is 4.62. The van der Waals surface area contributed by atoms with Gasteiger partial charge in [0.2, 0.25) is 0 Å². The van der Waals surface area contributed by atoms with Crippen LogP contribution in [0.5, 0.6) is 5.75 Å². The standard InChI is InChI=1S/C16H18BrNOS/c1-11(18)13-4-6-14(7-5-13)20-10-12-3-8-16(19-2)15(17)9-12/h3-9,11H,10,18H2,1-2H3. The van der Waals surface area contributed by atoms with Crippen molar-refractivity contribution in [2.75, 3.05) is 7.11 Å². The Bertz CT molecular complexity index is 569. The lowest BCUT2D eigenvalue weighted by molar-refractivity contribution is 0.412. The van der Waals surface area contributed by atoms with E-state index in [0.717, 1.165) is 16.0 Å². The molecule has 1 atom stereocenters. The first kappa shape index (κ1) is 15.4. The molecular formula is C16H18BrNOS. The molecule has 2 N–H and O–H groups in total. The molecule has 0 amide bonds. The maximum atomic E-state index is 5.85. The summed E-state index contributed by atoms with van der Waals surface area (Å²) in [6, 6.07) is 14.7. The Morgan fingerprint density at radius 2 is 1.90 bits per heavy atom. The van der Waals surface area contributed by atoms with Crippen molar-refractivity contribution in [3.63, 3.8) is 0 Å². The summed E-state index contributed by atoms with van der Waals surface area (Å²) in [4.78, 5) is 1.25. The number of thioether (sulfide) groups is 1. The fourth-order valence-corrected chi connectivity index (χ4v) is 3.26. The van der Waals surface area contributed by atoms with Gasteiger partial charge in [-0.3, -0.25) is 0 Å². The Morgan fingerprint density at radius 3 is 2.45 bits per heavy atom. The molecule has 0 saturated heterocycles. The number of halogens is 1. The van der Waals surface area contributed by atoms with Crippen molar-refractivity contribution in [2.24, 2.45) is 5.73 Å².